The van der Waals surface area contributed by atoms with E-state index < -0.39 is 11.9 Å². The van der Waals surface area contributed by atoms with Crippen molar-refractivity contribution in [3.05, 3.63) is 62.3 Å². The van der Waals surface area contributed by atoms with E-state index in [9.17, 15) is 14.3 Å². The SMILES string of the molecule is O=C1Cc2cc(C(O)c3ccc(Br)c(F)c3)c(Cl)cc2N1. The van der Waals surface area contributed by atoms with Crippen LogP contribution in [0, 0.1) is 5.82 Å². The minimum Gasteiger partial charge on any atom is -0.384 e. The van der Waals surface area contributed by atoms with Gasteiger partial charge in [0.1, 0.15) is 11.9 Å². The highest BCUT2D eigenvalue weighted by atomic mass is 79.9. The highest BCUT2D eigenvalue weighted by molar-refractivity contribution is 9.10. The van der Waals surface area contributed by atoms with Crippen LogP contribution >= 0.6 is 27.5 Å². The molecule has 0 saturated carbocycles. The van der Waals surface area contributed by atoms with E-state index in [4.69, 9.17) is 11.6 Å². The zero-order chi connectivity index (χ0) is 15.1. The van der Waals surface area contributed by atoms with Gasteiger partial charge >= 0.3 is 0 Å². The number of carbonyl (C=O) groups excluding carboxylic acids is 1. The fourth-order valence-electron chi connectivity index (χ4n) is 2.34. The number of hydrogen-bond acceptors (Lipinski definition) is 2. The number of benzene rings is 2. The van der Waals surface area contributed by atoms with Gasteiger partial charge < -0.3 is 10.4 Å². The van der Waals surface area contributed by atoms with Gasteiger partial charge in [-0.3, -0.25) is 4.79 Å². The van der Waals surface area contributed by atoms with Crippen molar-refractivity contribution in [2.75, 3.05) is 5.32 Å². The fraction of sp³-hybridized carbons (Fsp3) is 0.133. The molecule has 1 unspecified atom stereocenters. The smallest absolute Gasteiger partial charge is 0.228 e. The Balaban J connectivity index is 2.02. The first kappa shape index (κ1) is 14.5. The van der Waals surface area contributed by atoms with Gasteiger partial charge in [-0.05, 0) is 51.3 Å². The van der Waals surface area contributed by atoms with Crippen molar-refractivity contribution in [3.63, 3.8) is 0 Å². The lowest BCUT2D eigenvalue weighted by Crippen LogP contribution is -2.03. The van der Waals surface area contributed by atoms with Crippen LogP contribution in [0.25, 0.3) is 0 Å². The van der Waals surface area contributed by atoms with Gasteiger partial charge in [0, 0.05) is 16.3 Å². The molecule has 0 spiro atoms. The lowest BCUT2D eigenvalue weighted by Gasteiger charge is -2.15. The molecule has 2 aromatic carbocycles. The van der Waals surface area contributed by atoms with Gasteiger partial charge in [0.2, 0.25) is 5.91 Å². The molecular weight excluding hydrogens is 361 g/mol. The highest BCUT2D eigenvalue weighted by Crippen LogP contribution is 2.35. The van der Waals surface area contributed by atoms with Crippen molar-refractivity contribution in [2.24, 2.45) is 0 Å². The molecule has 108 valence electrons. The molecule has 0 aromatic heterocycles. The largest absolute Gasteiger partial charge is 0.384 e. The molecule has 0 fully saturated rings. The maximum absolute atomic E-state index is 13.6. The summed E-state index contributed by atoms with van der Waals surface area (Å²) in [4.78, 5) is 11.4. The third-order valence-corrected chi connectivity index (χ3v) is 4.37. The third kappa shape index (κ3) is 2.69. The summed E-state index contributed by atoms with van der Waals surface area (Å²) in [6.45, 7) is 0. The van der Waals surface area contributed by atoms with Crippen LogP contribution in [0.1, 0.15) is 22.8 Å². The van der Waals surface area contributed by atoms with Gasteiger partial charge in [0.15, 0.2) is 0 Å². The zero-order valence-corrected chi connectivity index (χ0v) is 13.0. The Bertz CT molecular complexity index is 751. The van der Waals surface area contributed by atoms with Gasteiger partial charge in [0.25, 0.3) is 0 Å². The van der Waals surface area contributed by atoms with Crippen LogP contribution in [0.2, 0.25) is 5.02 Å². The summed E-state index contributed by atoms with van der Waals surface area (Å²) >= 11 is 9.23. The van der Waals surface area contributed by atoms with Gasteiger partial charge in [-0.1, -0.05) is 17.7 Å². The van der Waals surface area contributed by atoms with Crippen LogP contribution in [0.3, 0.4) is 0 Å². The van der Waals surface area contributed by atoms with Crippen LogP contribution in [-0.4, -0.2) is 11.0 Å². The second-order valence-electron chi connectivity index (χ2n) is 4.83. The highest BCUT2D eigenvalue weighted by Gasteiger charge is 2.23. The number of aliphatic hydroxyl groups excluding tert-OH is 1. The van der Waals surface area contributed by atoms with E-state index in [0.717, 1.165) is 5.56 Å². The Hall–Kier alpha value is -1.43. The molecule has 0 aliphatic carbocycles. The van der Waals surface area contributed by atoms with E-state index in [1.54, 1.807) is 18.2 Å². The maximum atomic E-state index is 13.6. The minimum atomic E-state index is -1.05. The Morgan fingerprint density at radius 2 is 2.10 bits per heavy atom. The van der Waals surface area contributed by atoms with Crippen molar-refractivity contribution >= 4 is 39.1 Å². The number of nitrogens with one attached hydrogen (secondary N) is 1. The molecule has 21 heavy (non-hydrogen) atoms. The maximum Gasteiger partial charge on any atom is 0.228 e. The Kier molecular flexibility index (Phi) is 3.73. The van der Waals surface area contributed by atoms with Crippen molar-refractivity contribution in [2.45, 2.75) is 12.5 Å². The predicted octanol–water partition coefficient (Wildman–Crippen LogP) is 3.82. The van der Waals surface area contributed by atoms with Gasteiger partial charge in [-0.25, -0.2) is 4.39 Å². The Morgan fingerprint density at radius 3 is 2.81 bits per heavy atom. The first-order valence-corrected chi connectivity index (χ1v) is 7.38. The molecule has 1 aliphatic heterocycles. The summed E-state index contributed by atoms with van der Waals surface area (Å²) in [5, 5.41) is 13.4. The normalized spacial score (nSPS) is 14.8. The molecule has 1 heterocycles. The summed E-state index contributed by atoms with van der Waals surface area (Å²) in [6, 6.07) is 7.68. The topological polar surface area (TPSA) is 49.3 Å². The zero-order valence-electron chi connectivity index (χ0n) is 10.7. The summed E-state index contributed by atoms with van der Waals surface area (Å²) in [5.74, 6) is -0.567. The predicted molar refractivity (Wildman–Crippen MR) is 81.9 cm³/mol. The lowest BCUT2D eigenvalue weighted by molar-refractivity contribution is -0.115. The molecule has 0 bridgehead atoms. The fourth-order valence-corrected chi connectivity index (χ4v) is 2.85. The van der Waals surface area contributed by atoms with Crippen molar-refractivity contribution in [1.82, 2.24) is 0 Å². The average molecular weight is 371 g/mol. The summed E-state index contributed by atoms with van der Waals surface area (Å²) in [7, 11) is 0. The van der Waals surface area contributed by atoms with E-state index >= 15 is 0 Å². The van der Waals surface area contributed by atoms with E-state index in [2.05, 4.69) is 21.2 Å². The van der Waals surface area contributed by atoms with Crippen LogP contribution in [0.4, 0.5) is 10.1 Å². The molecule has 1 atom stereocenters. The molecule has 3 nitrogen and oxygen atoms in total. The number of carbonyl (C=O) groups is 1. The minimum absolute atomic E-state index is 0.109. The molecule has 0 saturated heterocycles. The van der Waals surface area contributed by atoms with Gasteiger partial charge in [0.05, 0.1) is 10.9 Å². The standard InChI is InChI=1S/C15H10BrClFNO2/c16-10-2-1-7(4-12(10)18)15(21)9-3-8-5-14(20)19-13(8)6-11(9)17/h1-4,6,15,21H,5H2,(H,19,20). The van der Waals surface area contributed by atoms with Gasteiger partial charge in [-0.2, -0.15) is 0 Å². The average Bonchev–Trinajstić information content (AvgIpc) is 2.79. The van der Waals surface area contributed by atoms with Crippen LogP contribution in [-0.2, 0) is 11.2 Å². The Labute approximate surface area is 133 Å². The molecule has 3 rings (SSSR count). The number of aliphatic hydroxyl groups is 1. The summed E-state index contributed by atoms with van der Waals surface area (Å²) < 4.78 is 13.9. The first-order valence-electron chi connectivity index (χ1n) is 6.21. The molecule has 2 aromatic rings. The first-order chi connectivity index (χ1) is 9.95. The molecule has 2 N–H and O–H groups in total. The third-order valence-electron chi connectivity index (χ3n) is 3.40. The molecule has 0 radical (unpaired) electrons. The monoisotopic (exact) mass is 369 g/mol. The van der Waals surface area contributed by atoms with E-state index in [-0.39, 0.29) is 12.3 Å². The molecule has 1 aliphatic rings. The Morgan fingerprint density at radius 1 is 1.33 bits per heavy atom. The summed E-state index contributed by atoms with van der Waals surface area (Å²) in [5.41, 5.74) is 2.28. The second-order valence-corrected chi connectivity index (χ2v) is 6.09. The molecular formula is C15H10BrClFNO2. The van der Waals surface area contributed by atoms with Crippen LogP contribution in [0.15, 0.2) is 34.8 Å². The van der Waals surface area contributed by atoms with E-state index in [1.165, 1.54) is 12.1 Å². The second kappa shape index (κ2) is 5.40. The van der Waals surface area contributed by atoms with Gasteiger partial charge in [-0.15, -0.1) is 0 Å². The van der Waals surface area contributed by atoms with Crippen LogP contribution in [0.5, 0.6) is 0 Å². The number of anilines is 1. The number of rotatable bonds is 2. The number of hydrogen-bond donors (Lipinski definition) is 2. The quantitative estimate of drug-likeness (QED) is 0.844. The number of halogens is 3. The lowest BCUT2D eigenvalue weighted by atomic mass is 9.98. The number of fused-ring (bicyclic) bond motifs is 1. The molecule has 1 amide bonds. The van der Waals surface area contributed by atoms with Crippen molar-refractivity contribution < 1.29 is 14.3 Å². The van der Waals surface area contributed by atoms with Crippen molar-refractivity contribution in [1.29, 1.82) is 0 Å². The number of amides is 1. The molecule has 6 heteroatoms. The van der Waals surface area contributed by atoms with E-state index in [1.807, 2.05) is 0 Å². The van der Waals surface area contributed by atoms with E-state index in [0.29, 0.717) is 26.3 Å². The van der Waals surface area contributed by atoms with Crippen molar-refractivity contribution in [3.8, 4) is 0 Å². The van der Waals surface area contributed by atoms with Crippen LogP contribution < -0.4 is 5.32 Å². The summed E-state index contributed by atoms with van der Waals surface area (Å²) in [6.07, 6.45) is -0.804.